The molecule has 0 aromatic carbocycles. The van der Waals surface area contributed by atoms with E-state index in [0.717, 1.165) is 23.7 Å². The average molecular weight is 319 g/mol. The Balaban J connectivity index is 1.64. The molecule has 1 nitrogen and oxygen atoms in total. The van der Waals surface area contributed by atoms with Gasteiger partial charge in [-0.05, 0) is 98.2 Å². The first-order chi connectivity index (χ1) is 10.9. The second-order valence-electron chi connectivity index (χ2n) is 10.4. The van der Waals surface area contributed by atoms with Crippen molar-refractivity contribution in [2.24, 2.45) is 46.3 Å². The fraction of sp³-hybridized carbons (Fsp3) is 1.00. The Morgan fingerprint density at radius 3 is 2.43 bits per heavy atom. The Labute approximate surface area is 143 Å². The predicted octanol–water partition coefficient (Wildman–Crippen LogP) is 5.66. The molecule has 4 fully saturated rings. The van der Waals surface area contributed by atoms with Gasteiger partial charge in [-0.25, -0.2) is 0 Å². The second kappa shape index (κ2) is 5.48. The summed E-state index contributed by atoms with van der Waals surface area (Å²) in [6, 6.07) is 0. The molecule has 9 atom stereocenters. The first kappa shape index (κ1) is 16.4. The SMILES string of the molecule is CC(O)C1C(C)CC2C3CCC4CCCCC4(C)C3CCC21C. The van der Waals surface area contributed by atoms with Crippen molar-refractivity contribution in [1.29, 1.82) is 0 Å². The summed E-state index contributed by atoms with van der Waals surface area (Å²) in [5.41, 5.74) is 1.06. The number of aliphatic hydroxyl groups is 1. The van der Waals surface area contributed by atoms with Crippen molar-refractivity contribution in [3.05, 3.63) is 0 Å². The van der Waals surface area contributed by atoms with Crippen LogP contribution in [0.4, 0.5) is 0 Å². The molecule has 0 spiro atoms. The van der Waals surface area contributed by atoms with Crippen LogP contribution in [0.15, 0.2) is 0 Å². The highest BCUT2D eigenvalue weighted by Gasteiger charge is 2.61. The molecule has 1 heteroatoms. The molecule has 0 aromatic heterocycles. The van der Waals surface area contributed by atoms with Gasteiger partial charge >= 0.3 is 0 Å². The van der Waals surface area contributed by atoms with Gasteiger partial charge in [-0.3, -0.25) is 0 Å². The summed E-state index contributed by atoms with van der Waals surface area (Å²) in [7, 11) is 0. The molecule has 0 heterocycles. The van der Waals surface area contributed by atoms with Gasteiger partial charge in [0.15, 0.2) is 0 Å². The largest absolute Gasteiger partial charge is 0.393 e. The molecule has 1 N–H and O–H groups in total. The summed E-state index contributed by atoms with van der Waals surface area (Å²) in [6.07, 6.45) is 13.0. The second-order valence-corrected chi connectivity index (χ2v) is 10.4. The maximum Gasteiger partial charge on any atom is 0.0548 e. The lowest BCUT2D eigenvalue weighted by Gasteiger charge is -2.60. The molecular formula is C22H38O. The molecule has 4 saturated carbocycles. The van der Waals surface area contributed by atoms with Crippen molar-refractivity contribution in [2.75, 3.05) is 0 Å². The predicted molar refractivity (Wildman–Crippen MR) is 96.1 cm³/mol. The monoisotopic (exact) mass is 318 g/mol. The fourth-order valence-corrected chi connectivity index (χ4v) is 8.72. The molecule has 0 saturated heterocycles. The Hall–Kier alpha value is -0.0400. The van der Waals surface area contributed by atoms with E-state index in [0.29, 0.717) is 22.7 Å². The number of hydrogen-bond donors (Lipinski definition) is 1. The van der Waals surface area contributed by atoms with Crippen molar-refractivity contribution in [3.8, 4) is 0 Å². The van der Waals surface area contributed by atoms with Gasteiger partial charge in [0.1, 0.15) is 0 Å². The van der Waals surface area contributed by atoms with Crippen molar-refractivity contribution in [2.45, 2.75) is 91.6 Å². The van der Waals surface area contributed by atoms with Gasteiger partial charge < -0.3 is 5.11 Å². The minimum absolute atomic E-state index is 0.127. The summed E-state index contributed by atoms with van der Waals surface area (Å²) in [4.78, 5) is 0. The summed E-state index contributed by atoms with van der Waals surface area (Å²) in [5.74, 6) is 5.09. The first-order valence-corrected chi connectivity index (χ1v) is 10.6. The maximum absolute atomic E-state index is 10.5. The lowest BCUT2D eigenvalue weighted by molar-refractivity contribution is -0.119. The molecule has 4 aliphatic carbocycles. The van der Waals surface area contributed by atoms with Crippen LogP contribution in [-0.2, 0) is 0 Å². The standard InChI is InChI=1S/C22H38O/c1-14-13-19-17-9-8-16-7-5-6-11-21(16,3)18(17)10-12-22(19,4)20(14)15(2)23/h14-20,23H,5-13H2,1-4H3. The molecule has 4 rings (SSSR count). The minimum atomic E-state index is -0.127. The summed E-state index contributed by atoms with van der Waals surface area (Å²) in [6.45, 7) is 9.69. The van der Waals surface area contributed by atoms with E-state index in [1.54, 1.807) is 0 Å². The highest BCUT2D eigenvalue weighted by atomic mass is 16.3. The van der Waals surface area contributed by atoms with Crippen LogP contribution in [0.5, 0.6) is 0 Å². The third kappa shape index (κ3) is 2.21. The molecule has 23 heavy (non-hydrogen) atoms. The van der Waals surface area contributed by atoms with Crippen LogP contribution in [-0.4, -0.2) is 11.2 Å². The van der Waals surface area contributed by atoms with Crippen LogP contribution in [0.2, 0.25) is 0 Å². The zero-order valence-electron chi connectivity index (χ0n) is 15.9. The van der Waals surface area contributed by atoms with Crippen LogP contribution in [0.3, 0.4) is 0 Å². The third-order valence-electron chi connectivity index (χ3n) is 9.54. The van der Waals surface area contributed by atoms with E-state index in [1.807, 2.05) is 0 Å². The van der Waals surface area contributed by atoms with Crippen molar-refractivity contribution in [3.63, 3.8) is 0 Å². The van der Waals surface area contributed by atoms with E-state index < -0.39 is 0 Å². The molecule has 9 unspecified atom stereocenters. The van der Waals surface area contributed by atoms with E-state index in [-0.39, 0.29) is 6.10 Å². The lowest BCUT2D eigenvalue weighted by Crippen LogP contribution is -2.53. The van der Waals surface area contributed by atoms with E-state index in [9.17, 15) is 5.11 Å². The van der Waals surface area contributed by atoms with Crippen molar-refractivity contribution >= 4 is 0 Å². The zero-order chi connectivity index (χ0) is 16.4. The third-order valence-corrected chi connectivity index (χ3v) is 9.54. The van der Waals surface area contributed by atoms with Crippen molar-refractivity contribution < 1.29 is 5.11 Å². The van der Waals surface area contributed by atoms with Crippen molar-refractivity contribution in [1.82, 2.24) is 0 Å². The Kier molecular flexibility index (Phi) is 3.91. The summed E-state index contributed by atoms with van der Waals surface area (Å²) in [5, 5.41) is 10.5. The fourth-order valence-electron chi connectivity index (χ4n) is 8.72. The Bertz CT molecular complexity index is 457. The van der Waals surface area contributed by atoms with Gasteiger partial charge in [-0.15, -0.1) is 0 Å². The summed E-state index contributed by atoms with van der Waals surface area (Å²) < 4.78 is 0. The molecule has 0 radical (unpaired) electrons. The van der Waals surface area contributed by atoms with Crippen LogP contribution >= 0.6 is 0 Å². The maximum atomic E-state index is 10.5. The zero-order valence-corrected chi connectivity index (χ0v) is 15.9. The number of fused-ring (bicyclic) bond motifs is 5. The van der Waals surface area contributed by atoms with Gasteiger partial charge in [-0.2, -0.15) is 0 Å². The van der Waals surface area contributed by atoms with Crippen LogP contribution in [0.25, 0.3) is 0 Å². The van der Waals surface area contributed by atoms with Crippen LogP contribution in [0, 0.1) is 46.3 Å². The molecule has 132 valence electrons. The number of hydrogen-bond acceptors (Lipinski definition) is 1. The van der Waals surface area contributed by atoms with E-state index in [4.69, 9.17) is 0 Å². The van der Waals surface area contributed by atoms with Gasteiger partial charge in [-0.1, -0.05) is 33.6 Å². The molecule has 0 bridgehead atoms. The van der Waals surface area contributed by atoms with Crippen LogP contribution in [0.1, 0.15) is 85.5 Å². The van der Waals surface area contributed by atoms with Crippen LogP contribution < -0.4 is 0 Å². The smallest absolute Gasteiger partial charge is 0.0548 e. The Morgan fingerprint density at radius 1 is 0.913 bits per heavy atom. The quantitative estimate of drug-likeness (QED) is 0.661. The summed E-state index contributed by atoms with van der Waals surface area (Å²) >= 11 is 0. The Morgan fingerprint density at radius 2 is 1.70 bits per heavy atom. The minimum Gasteiger partial charge on any atom is -0.393 e. The van der Waals surface area contributed by atoms with Gasteiger partial charge in [0, 0.05) is 0 Å². The molecule has 4 aliphatic rings. The van der Waals surface area contributed by atoms with E-state index in [1.165, 1.54) is 57.8 Å². The van der Waals surface area contributed by atoms with Gasteiger partial charge in [0.2, 0.25) is 0 Å². The van der Waals surface area contributed by atoms with Gasteiger partial charge in [0.05, 0.1) is 6.10 Å². The molecule has 0 aliphatic heterocycles. The molecule has 0 aromatic rings. The number of aliphatic hydroxyl groups excluding tert-OH is 1. The lowest BCUT2D eigenvalue weighted by atomic mass is 9.45. The highest BCUT2D eigenvalue weighted by Crippen LogP contribution is 2.68. The molecule has 0 amide bonds. The van der Waals surface area contributed by atoms with E-state index >= 15 is 0 Å². The van der Waals surface area contributed by atoms with Gasteiger partial charge in [0.25, 0.3) is 0 Å². The first-order valence-electron chi connectivity index (χ1n) is 10.6. The highest BCUT2D eigenvalue weighted by molar-refractivity contribution is 5.10. The molecular weight excluding hydrogens is 280 g/mol. The van der Waals surface area contributed by atoms with E-state index in [2.05, 4.69) is 27.7 Å². The average Bonchev–Trinajstić information content (AvgIpc) is 2.77. The number of rotatable bonds is 1. The normalized spacial score (nSPS) is 57.3. The topological polar surface area (TPSA) is 20.2 Å².